The number of unbranched alkanes of at least 4 members (excludes halogenated alkanes) is 1. The molecule has 1 N–H and O–H groups in total. The number of nitrogens with one attached hydrogen (secondary N) is 1. The van der Waals surface area contributed by atoms with E-state index >= 15 is 0 Å². The van der Waals surface area contributed by atoms with E-state index in [0.717, 1.165) is 12.8 Å². The Morgan fingerprint density at radius 3 is 2.81 bits per heavy atom. The van der Waals surface area contributed by atoms with Crippen LogP contribution in [0.1, 0.15) is 26.2 Å². The molecule has 2 amide bonds. The number of amides is 2. The van der Waals surface area contributed by atoms with Crippen molar-refractivity contribution >= 4 is 11.8 Å². The molecule has 0 saturated carbocycles. The van der Waals surface area contributed by atoms with Crippen LogP contribution in [0.25, 0.3) is 0 Å². The SMILES string of the molecule is CCC1NC(=O)CN(CCCCOC)C1=O. The molecule has 1 aliphatic heterocycles. The van der Waals surface area contributed by atoms with Crippen LogP contribution in [0.2, 0.25) is 0 Å². The number of nitrogens with zero attached hydrogens (tertiary/aromatic N) is 1. The van der Waals surface area contributed by atoms with E-state index in [-0.39, 0.29) is 24.4 Å². The van der Waals surface area contributed by atoms with Gasteiger partial charge in [-0.1, -0.05) is 6.92 Å². The third kappa shape index (κ3) is 3.48. The summed E-state index contributed by atoms with van der Waals surface area (Å²) in [6.45, 7) is 3.44. The molecule has 1 saturated heterocycles. The van der Waals surface area contributed by atoms with Crippen LogP contribution in [0.3, 0.4) is 0 Å². The minimum absolute atomic E-state index is 0.0412. The second-order valence-corrected chi connectivity index (χ2v) is 3.99. The fourth-order valence-corrected chi connectivity index (χ4v) is 1.79. The van der Waals surface area contributed by atoms with Crippen molar-refractivity contribution in [1.82, 2.24) is 10.2 Å². The second-order valence-electron chi connectivity index (χ2n) is 3.99. The number of hydrogen-bond donors (Lipinski definition) is 1. The molecular weight excluding hydrogens is 208 g/mol. The van der Waals surface area contributed by atoms with Crippen molar-refractivity contribution in [3.8, 4) is 0 Å². The van der Waals surface area contributed by atoms with Crippen LogP contribution in [0, 0.1) is 0 Å². The summed E-state index contributed by atoms with van der Waals surface area (Å²) in [5.41, 5.74) is 0. The van der Waals surface area contributed by atoms with Crippen molar-refractivity contribution in [2.45, 2.75) is 32.2 Å². The molecule has 1 heterocycles. The van der Waals surface area contributed by atoms with Gasteiger partial charge in [-0.25, -0.2) is 0 Å². The van der Waals surface area contributed by atoms with E-state index in [0.29, 0.717) is 19.6 Å². The largest absolute Gasteiger partial charge is 0.385 e. The van der Waals surface area contributed by atoms with Crippen LogP contribution in [0.15, 0.2) is 0 Å². The molecule has 16 heavy (non-hydrogen) atoms. The lowest BCUT2D eigenvalue weighted by Crippen LogP contribution is -2.57. The van der Waals surface area contributed by atoms with Gasteiger partial charge in [0.15, 0.2) is 0 Å². The van der Waals surface area contributed by atoms with Gasteiger partial charge in [-0.05, 0) is 19.3 Å². The highest BCUT2D eigenvalue weighted by Crippen LogP contribution is 2.07. The smallest absolute Gasteiger partial charge is 0.245 e. The second kappa shape index (κ2) is 6.48. The van der Waals surface area contributed by atoms with Gasteiger partial charge in [0.2, 0.25) is 11.8 Å². The molecule has 1 unspecified atom stereocenters. The minimum Gasteiger partial charge on any atom is -0.385 e. The zero-order chi connectivity index (χ0) is 12.0. The molecule has 0 aliphatic carbocycles. The number of carbonyl (C=O) groups excluding carboxylic acids is 2. The third-order valence-corrected chi connectivity index (χ3v) is 2.71. The van der Waals surface area contributed by atoms with Crippen molar-refractivity contribution in [3.05, 3.63) is 0 Å². The molecule has 5 nitrogen and oxygen atoms in total. The Morgan fingerprint density at radius 2 is 2.19 bits per heavy atom. The summed E-state index contributed by atoms with van der Waals surface area (Å²) in [4.78, 5) is 24.8. The van der Waals surface area contributed by atoms with Crippen LogP contribution >= 0.6 is 0 Å². The highest BCUT2D eigenvalue weighted by atomic mass is 16.5. The highest BCUT2D eigenvalue weighted by Gasteiger charge is 2.30. The van der Waals surface area contributed by atoms with Crippen molar-refractivity contribution in [3.63, 3.8) is 0 Å². The van der Waals surface area contributed by atoms with E-state index in [1.54, 1.807) is 12.0 Å². The van der Waals surface area contributed by atoms with E-state index in [2.05, 4.69) is 5.32 Å². The molecule has 92 valence electrons. The van der Waals surface area contributed by atoms with E-state index in [4.69, 9.17) is 4.74 Å². The lowest BCUT2D eigenvalue weighted by molar-refractivity contribution is -0.144. The summed E-state index contributed by atoms with van der Waals surface area (Å²) >= 11 is 0. The minimum atomic E-state index is -0.330. The Hall–Kier alpha value is -1.10. The van der Waals surface area contributed by atoms with Gasteiger partial charge in [0, 0.05) is 20.3 Å². The number of hydrogen-bond acceptors (Lipinski definition) is 3. The van der Waals surface area contributed by atoms with Crippen molar-refractivity contribution in [2.75, 3.05) is 26.8 Å². The van der Waals surface area contributed by atoms with Crippen LogP contribution < -0.4 is 5.32 Å². The molecule has 1 fully saturated rings. The predicted molar refractivity (Wildman–Crippen MR) is 59.9 cm³/mol. The molecule has 1 rings (SSSR count). The molecule has 1 aliphatic rings. The fourth-order valence-electron chi connectivity index (χ4n) is 1.79. The first-order chi connectivity index (χ1) is 7.69. The zero-order valence-electron chi connectivity index (χ0n) is 9.99. The van der Waals surface area contributed by atoms with Gasteiger partial charge in [0.25, 0.3) is 0 Å². The van der Waals surface area contributed by atoms with E-state index < -0.39 is 0 Å². The van der Waals surface area contributed by atoms with Gasteiger partial charge in [-0.2, -0.15) is 0 Å². The molecular formula is C11H20N2O3. The highest BCUT2D eigenvalue weighted by molar-refractivity contribution is 5.94. The number of ether oxygens (including phenoxy) is 1. The Balaban J connectivity index is 2.38. The van der Waals surface area contributed by atoms with Crippen LogP contribution in [0.5, 0.6) is 0 Å². The topological polar surface area (TPSA) is 58.6 Å². The molecule has 0 aromatic carbocycles. The number of carbonyl (C=O) groups is 2. The van der Waals surface area contributed by atoms with Gasteiger partial charge in [-0.15, -0.1) is 0 Å². The average Bonchev–Trinajstić information content (AvgIpc) is 2.28. The normalized spacial score (nSPS) is 21.1. The molecule has 0 aromatic rings. The molecule has 0 aromatic heterocycles. The summed E-state index contributed by atoms with van der Waals surface area (Å²) in [7, 11) is 1.66. The first-order valence-corrected chi connectivity index (χ1v) is 5.76. The molecule has 0 radical (unpaired) electrons. The number of rotatable bonds is 6. The number of methoxy groups -OCH3 is 1. The first-order valence-electron chi connectivity index (χ1n) is 5.76. The third-order valence-electron chi connectivity index (χ3n) is 2.71. The molecule has 0 bridgehead atoms. The quantitative estimate of drug-likeness (QED) is 0.658. The van der Waals surface area contributed by atoms with Gasteiger partial charge < -0.3 is 15.0 Å². The maximum absolute atomic E-state index is 11.8. The molecule has 0 spiro atoms. The van der Waals surface area contributed by atoms with E-state index in [9.17, 15) is 9.59 Å². The van der Waals surface area contributed by atoms with Gasteiger partial charge in [0.05, 0.1) is 6.54 Å². The van der Waals surface area contributed by atoms with E-state index in [1.807, 2.05) is 6.92 Å². The molecule has 5 heteroatoms. The standard InChI is InChI=1S/C11H20N2O3/c1-3-9-11(15)13(8-10(14)12-9)6-4-5-7-16-2/h9H,3-8H2,1-2H3,(H,12,14). The average molecular weight is 228 g/mol. The Bertz CT molecular complexity index is 256. The first kappa shape index (κ1) is 13.0. The Kier molecular flexibility index (Phi) is 5.25. The van der Waals surface area contributed by atoms with Crippen molar-refractivity contribution in [2.24, 2.45) is 0 Å². The number of piperazine rings is 1. The Morgan fingerprint density at radius 1 is 1.44 bits per heavy atom. The summed E-state index contributed by atoms with van der Waals surface area (Å²) in [6.07, 6.45) is 2.45. The van der Waals surface area contributed by atoms with Gasteiger partial charge >= 0.3 is 0 Å². The summed E-state index contributed by atoms with van der Waals surface area (Å²) in [6, 6.07) is -0.330. The van der Waals surface area contributed by atoms with Crippen LogP contribution in [0.4, 0.5) is 0 Å². The summed E-state index contributed by atoms with van der Waals surface area (Å²) in [5.74, 6) is -0.0160. The van der Waals surface area contributed by atoms with Gasteiger partial charge in [0.1, 0.15) is 6.04 Å². The summed E-state index contributed by atoms with van der Waals surface area (Å²) in [5, 5.41) is 2.69. The summed E-state index contributed by atoms with van der Waals surface area (Å²) < 4.78 is 4.94. The lowest BCUT2D eigenvalue weighted by Gasteiger charge is -2.32. The monoisotopic (exact) mass is 228 g/mol. The van der Waals surface area contributed by atoms with Crippen molar-refractivity contribution < 1.29 is 14.3 Å². The van der Waals surface area contributed by atoms with Crippen molar-refractivity contribution in [1.29, 1.82) is 0 Å². The Labute approximate surface area is 96.1 Å². The van der Waals surface area contributed by atoms with Crippen LogP contribution in [-0.4, -0.2) is 49.6 Å². The fraction of sp³-hybridized carbons (Fsp3) is 0.818. The molecule has 1 atom stereocenters. The van der Waals surface area contributed by atoms with Crippen LogP contribution in [-0.2, 0) is 14.3 Å². The maximum Gasteiger partial charge on any atom is 0.245 e. The maximum atomic E-state index is 11.8. The zero-order valence-corrected chi connectivity index (χ0v) is 9.99. The van der Waals surface area contributed by atoms with Gasteiger partial charge in [-0.3, -0.25) is 9.59 Å². The lowest BCUT2D eigenvalue weighted by atomic mass is 10.1. The van der Waals surface area contributed by atoms with E-state index in [1.165, 1.54) is 0 Å². The predicted octanol–water partition coefficient (Wildman–Crippen LogP) is 0.150.